The highest BCUT2D eigenvalue weighted by Gasteiger charge is 2.13. The number of piperidine rings is 1. The fourth-order valence-electron chi connectivity index (χ4n) is 1.89. The molecule has 0 aliphatic carbocycles. The van der Waals surface area contributed by atoms with Gasteiger partial charge in [0.2, 0.25) is 0 Å². The van der Waals surface area contributed by atoms with Crippen molar-refractivity contribution in [3.63, 3.8) is 0 Å². The predicted octanol–water partition coefficient (Wildman–Crippen LogP) is 1.90. The number of nitrogens with zero attached hydrogens (tertiary/aromatic N) is 3. The average molecular weight is 280 g/mol. The van der Waals surface area contributed by atoms with Crippen LogP contribution in [0.4, 0.5) is 11.6 Å². The van der Waals surface area contributed by atoms with Gasteiger partial charge in [0.1, 0.15) is 0 Å². The number of nitrogen functional groups attached to an aromatic ring is 1. The first kappa shape index (κ1) is 16.2. The van der Waals surface area contributed by atoms with Gasteiger partial charge in [0.05, 0.1) is 0 Å². The molecule has 0 bridgehead atoms. The summed E-state index contributed by atoms with van der Waals surface area (Å²) in [6.07, 6.45) is 3.82. The van der Waals surface area contributed by atoms with Crippen LogP contribution in [0.2, 0.25) is 0 Å². The summed E-state index contributed by atoms with van der Waals surface area (Å²) in [5, 5.41) is 8.21. The maximum atomic E-state index is 5.31. The van der Waals surface area contributed by atoms with Crippen LogP contribution in [0.15, 0.2) is 6.07 Å². The summed E-state index contributed by atoms with van der Waals surface area (Å²) in [5.41, 5.74) is 3.57. The second-order valence-electron chi connectivity index (χ2n) is 3.93. The van der Waals surface area contributed by atoms with Crippen molar-refractivity contribution in [2.75, 3.05) is 23.4 Å². The molecule has 5 nitrogen and oxygen atoms in total. The van der Waals surface area contributed by atoms with Gasteiger partial charge in [0.25, 0.3) is 0 Å². The Morgan fingerprint density at radius 2 is 1.82 bits per heavy atom. The molecule has 1 aromatic rings. The van der Waals surface area contributed by atoms with E-state index in [1.54, 1.807) is 0 Å². The molecule has 1 aromatic heterocycles. The topological polar surface area (TPSA) is 67.1 Å². The molecule has 2 rings (SSSR count). The van der Waals surface area contributed by atoms with E-state index in [1.165, 1.54) is 19.3 Å². The van der Waals surface area contributed by atoms with Gasteiger partial charge in [-0.05, 0) is 37.8 Å². The van der Waals surface area contributed by atoms with E-state index in [0.29, 0.717) is 5.82 Å². The van der Waals surface area contributed by atoms with Crippen molar-refractivity contribution >= 4 is 36.4 Å². The number of hydrazine groups is 1. The van der Waals surface area contributed by atoms with Crippen LogP contribution in [0.3, 0.4) is 0 Å². The number of rotatable bonds is 2. The number of hydrogen-bond acceptors (Lipinski definition) is 5. The number of nitrogens with one attached hydrogen (secondary N) is 1. The maximum absolute atomic E-state index is 5.31. The van der Waals surface area contributed by atoms with Crippen molar-refractivity contribution in [1.82, 2.24) is 10.2 Å². The zero-order chi connectivity index (χ0) is 10.7. The highest BCUT2D eigenvalue weighted by atomic mass is 35.5. The normalized spacial score (nSPS) is 14.6. The van der Waals surface area contributed by atoms with E-state index in [4.69, 9.17) is 5.84 Å². The largest absolute Gasteiger partial charge is 0.355 e. The summed E-state index contributed by atoms with van der Waals surface area (Å²) < 4.78 is 0. The molecule has 0 amide bonds. The number of aryl methyl sites for hydroxylation is 1. The Morgan fingerprint density at radius 3 is 2.35 bits per heavy atom. The first-order chi connectivity index (χ1) is 7.31. The van der Waals surface area contributed by atoms with E-state index in [9.17, 15) is 0 Å². The second-order valence-corrected chi connectivity index (χ2v) is 3.93. The van der Waals surface area contributed by atoms with Crippen molar-refractivity contribution in [2.24, 2.45) is 5.84 Å². The zero-order valence-electron chi connectivity index (χ0n) is 9.85. The van der Waals surface area contributed by atoms with Gasteiger partial charge in [-0.15, -0.1) is 35.0 Å². The molecule has 0 radical (unpaired) electrons. The van der Waals surface area contributed by atoms with Crippen LogP contribution >= 0.6 is 24.8 Å². The number of halogens is 2. The first-order valence-corrected chi connectivity index (χ1v) is 5.37. The quantitative estimate of drug-likeness (QED) is 0.640. The van der Waals surface area contributed by atoms with Crippen LogP contribution in [0.5, 0.6) is 0 Å². The Morgan fingerprint density at radius 1 is 1.18 bits per heavy atom. The molecular weight excluding hydrogens is 261 g/mol. The van der Waals surface area contributed by atoms with Crippen molar-refractivity contribution in [3.8, 4) is 0 Å². The standard InChI is InChI=1S/C10H17N5.2ClH/c1-8-7-9(13-14-10(8)12-11)15-5-3-2-4-6-15;;/h7H,2-6,11H2,1H3,(H,12,14);2*1H. The van der Waals surface area contributed by atoms with Crippen molar-refractivity contribution < 1.29 is 0 Å². The molecule has 0 saturated carbocycles. The van der Waals surface area contributed by atoms with E-state index in [1.807, 2.05) is 13.0 Å². The summed E-state index contributed by atoms with van der Waals surface area (Å²) in [6.45, 7) is 4.16. The van der Waals surface area contributed by atoms with Crippen LogP contribution in [0.25, 0.3) is 0 Å². The van der Waals surface area contributed by atoms with Crippen LogP contribution in [-0.2, 0) is 0 Å². The molecule has 7 heteroatoms. The predicted molar refractivity (Wildman–Crippen MR) is 75.1 cm³/mol. The molecule has 0 aromatic carbocycles. The van der Waals surface area contributed by atoms with E-state index < -0.39 is 0 Å². The van der Waals surface area contributed by atoms with Crippen LogP contribution in [-0.4, -0.2) is 23.3 Å². The van der Waals surface area contributed by atoms with Gasteiger partial charge in [-0.3, -0.25) is 0 Å². The van der Waals surface area contributed by atoms with Crippen molar-refractivity contribution in [1.29, 1.82) is 0 Å². The van der Waals surface area contributed by atoms with E-state index in [2.05, 4.69) is 20.5 Å². The van der Waals surface area contributed by atoms with Gasteiger partial charge in [-0.25, -0.2) is 5.84 Å². The van der Waals surface area contributed by atoms with Gasteiger partial charge < -0.3 is 10.3 Å². The summed E-state index contributed by atoms with van der Waals surface area (Å²) >= 11 is 0. The van der Waals surface area contributed by atoms with Gasteiger partial charge in [-0.1, -0.05) is 0 Å². The Hall–Kier alpha value is -0.780. The third-order valence-corrected chi connectivity index (χ3v) is 2.79. The number of aromatic nitrogens is 2. The Labute approximate surface area is 114 Å². The number of anilines is 2. The summed E-state index contributed by atoms with van der Waals surface area (Å²) in [6, 6.07) is 2.04. The van der Waals surface area contributed by atoms with E-state index >= 15 is 0 Å². The third kappa shape index (κ3) is 3.87. The highest BCUT2D eigenvalue weighted by Crippen LogP contribution is 2.19. The van der Waals surface area contributed by atoms with E-state index in [-0.39, 0.29) is 24.8 Å². The molecule has 17 heavy (non-hydrogen) atoms. The highest BCUT2D eigenvalue weighted by molar-refractivity contribution is 5.85. The minimum Gasteiger partial charge on any atom is -0.355 e. The number of hydrogen-bond donors (Lipinski definition) is 2. The van der Waals surface area contributed by atoms with Gasteiger partial charge >= 0.3 is 0 Å². The van der Waals surface area contributed by atoms with Crippen molar-refractivity contribution in [3.05, 3.63) is 11.6 Å². The Kier molecular flexibility index (Phi) is 7.18. The second kappa shape index (κ2) is 7.53. The molecule has 1 fully saturated rings. The molecule has 98 valence electrons. The molecule has 1 aliphatic rings. The molecule has 0 spiro atoms. The first-order valence-electron chi connectivity index (χ1n) is 5.37. The molecule has 1 aliphatic heterocycles. The Bertz CT molecular complexity index is 341. The smallest absolute Gasteiger partial charge is 0.165 e. The average Bonchev–Trinajstić information content (AvgIpc) is 2.30. The lowest BCUT2D eigenvalue weighted by Gasteiger charge is -2.27. The van der Waals surface area contributed by atoms with Crippen LogP contribution < -0.4 is 16.2 Å². The fourth-order valence-corrected chi connectivity index (χ4v) is 1.89. The monoisotopic (exact) mass is 279 g/mol. The van der Waals surface area contributed by atoms with Gasteiger partial charge in [0, 0.05) is 13.1 Å². The third-order valence-electron chi connectivity index (χ3n) is 2.79. The number of nitrogens with two attached hydrogens (primary N) is 1. The lowest BCUT2D eigenvalue weighted by Crippen LogP contribution is -2.30. The minimum absolute atomic E-state index is 0. The van der Waals surface area contributed by atoms with Gasteiger partial charge in [0.15, 0.2) is 11.6 Å². The van der Waals surface area contributed by atoms with Crippen LogP contribution in [0, 0.1) is 6.92 Å². The molecule has 0 atom stereocenters. The van der Waals surface area contributed by atoms with Crippen LogP contribution in [0.1, 0.15) is 24.8 Å². The SMILES string of the molecule is Cc1cc(N2CCCCC2)nnc1NN.Cl.Cl. The summed E-state index contributed by atoms with van der Waals surface area (Å²) in [7, 11) is 0. The van der Waals surface area contributed by atoms with E-state index in [0.717, 1.165) is 24.5 Å². The Balaban J connectivity index is 0.00000128. The maximum Gasteiger partial charge on any atom is 0.165 e. The lowest BCUT2D eigenvalue weighted by atomic mass is 10.1. The molecular formula is C10H19Cl2N5. The van der Waals surface area contributed by atoms with Gasteiger partial charge in [-0.2, -0.15) is 0 Å². The zero-order valence-corrected chi connectivity index (χ0v) is 11.5. The minimum atomic E-state index is 0. The molecule has 2 heterocycles. The summed E-state index contributed by atoms with van der Waals surface area (Å²) in [5.74, 6) is 6.93. The summed E-state index contributed by atoms with van der Waals surface area (Å²) in [4.78, 5) is 2.28. The lowest BCUT2D eigenvalue weighted by molar-refractivity contribution is 0.571. The molecule has 1 saturated heterocycles. The molecule has 0 unspecified atom stereocenters. The molecule has 3 N–H and O–H groups in total. The fraction of sp³-hybridized carbons (Fsp3) is 0.600. The van der Waals surface area contributed by atoms with Crippen molar-refractivity contribution in [2.45, 2.75) is 26.2 Å².